The third-order valence-electron chi connectivity index (χ3n) is 1.08. The minimum absolute atomic E-state index is 0.269. The van der Waals surface area contributed by atoms with Crippen LogP contribution in [-0.4, -0.2) is 18.1 Å². The highest BCUT2D eigenvalue weighted by atomic mass is 16.2. The lowest BCUT2D eigenvalue weighted by molar-refractivity contribution is 0.254. The van der Waals surface area contributed by atoms with Gasteiger partial charge in [0, 0.05) is 13.2 Å². The van der Waals surface area contributed by atoms with Crippen molar-refractivity contribution in [2.45, 2.75) is 0 Å². The highest BCUT2D eigenvalue weighted by molar-refractivity contribution is 5.88. The average molecular weight is 150 g/mol. The van der Waals surface area contributed by atoms with Crippen molar-refractivity contribution in [3.8, 4) is 0 Å². The number of nitrogens with zero attached hydrogens (tertiary/aromatic N) is 1. The molecule has 0 atom stereocenters. The van der Waals surface area contributed by atoms with Gasteiger partial charge in [-0.15, -0.1) is 0 Å². The summed E-state index contributed by atoms with van der Waals surface area (Å²) in [7, 11) is 1.55. The monoisotopic (exact) mass is 150 g/mol. The van der Waals surface area contributed by atoms with Crippen molar-refractivity contribution in [2.75, 3.05) is 12.4 Å². The second-order valence-electron chi connectivity index (χ2n) is 1.87. The van der Waals surface area contributed by atoms with Crippen LogP contribution in [0.5, 0.6) is 0 Å². The first-order chi connectivity index (χ1) is 5.33. The fraction of sp³-hybridized carbons (Fsp3) is 0.143. The van der Waals surface area contributed by atoms with E-state index in [2.05, 4.69) is 21.8 Å². The number of carbonyl (C=O) groups excluding carboxylic acids is 1. The van der Waals surface area contributed by atoms with E-state index >= 15 is 0 Å². The third-order valence-corrected chi connectivity index (χ3v) is 1.08. The molecule has 4 heteroatoms. The maximum atomic E-state index is 10.7. The van der Waals surface area contributed by atoms with Gasteiger partial charge in [0.1, 0.15) is 6.20 Å². The number of urea groups is 1. The van der Waals surface area contributed by atoms with E-state index in [1.807, 2.05) is 0 Å². The van der Waals surface area contributed by atoms with E-state index in [-0.39, 0.29) is 6.03 Å². The molecule has 1 aromatic rings. The van der Waals surface area contributed by atoms with Crippen molar-refractivity contribution in [1.29, 1.82) is 0 Å². The fourth-order valence-corrected chi connectivity index (χ4v) is 0.581. The second-order valence-corrected chi connectivity index (χ2v) is 1.87. The highest BCUT2D eigenvalue weighted by Gasteiger charge is 1.95. The summed E-state index contributed by atoms with van der Waals surface area (Å²) in [5, 5.41) is 4.94. The van der Waals surface area contributed by atoms with Crippen molar-refractivity contribution < 1.29 is 4.79 Å². The molecule has 0 fully saturated rings. The maximum Gasteiger partial charge on any atom is 0.319 e. The van der Waals surface area contributed by atoms with Crippen LogP contribution in [0.4, 0.5) is 10.5 Å². The molecule has 0 spiro atoms. The van der Waals surface area contributed by atoms with Crippen LogP contribution >= 0.6 is 0 Å². The number of amides is 2. The number of nitrogens with one attached hydrogen (secondary N) is 2. The van der Waals surface area contributed by atoms with Crippen LogP contribution in [0.3, 0.4) is 0 Å². The number of hydrogen-bond acceptors (Lipinski definition) is 2. The number of pyridine rings is 1. The summed E-state index contributed by atoms with van der Waals surface area (Å²) in [5.41, 5.74) is 0.562. The number of rotatable bonds is 1. The first-order valence-electron chi connectivity index (χ1n) is 3.14. The molecule has 4 nitrogen and oxygen atoms in total. The molecule has 2 amide bonds. The molecule has 1 aromatic heterocycles. The predicted octanol–water partition coefficient (Wildman–Crippen LogP) is 0.633. The van der Waals surface area contributed by atoms with Gasteiger partial charge in [-0.25, -0.2) is 4.79 Å². The lowest BCUT2D eigenvalue weighted by Gasteiger charge is -2.00. The molecular formula is C7H8N3O. The standard InChI is InChI=1S/C7H8N3O/c1-8-7(11)10-6-3-2-4-9-5-6/h2-4H,1H3,(H2,8,10,11). The molecule has 11 heavy (non-hydrogen) atoms. The smallest absolute Gasteiger partial charge is 0.319 e. The molecule has 2 N–H and O–H groups in total. The van der Waals surface area contributed by atoms with Gasteiger partial charge in [-0.05, 0) is 12.1 Å². The van der Waals surface area contributed by atoms with Gasteiger partial charge < -0.3 is 10.6 Å². The van der Waals surface area contributed by atoms with E-state index < -0.39 is 0 Å². The molecule has 0 aromatic carbocycles. The minimum Gasteiger partial charge on any atom is -0.341 e. The zero-order valence-corrected chi connectivity index (χ0v) is 6.09. The first kappa shape index (κ1) is 7.53. The van der Waals surface area contributed by atoms with Crippen molar-refractivity contribution >= 4 is 11.7 Å². The van der Waals surface area contributed by atoms with Crippen molar-refractivity contribution in [3.05, 3.63) is 24.5 Å². The zero-order valence-electron chi connectivity index (χ0n) is 6.09. The quantitative estimate of drug-likeness (QED) is 0.617. The molecule has 1 heterocycles. The van der Waals surface area contributed by atoms with Crippen LogP contribution in [0.1, 0.15) is 0 Å². The van der Waals surface area contributed by atoms with E-state index in [1.165, 1.54) is 0 Å². The average Bonchev–Trinajstić information content (AvgIpc) is 2.06. The first-order valence-corrected chi connectivity index (χ1v) is 3.14. The molecule has 0 aliphatic rings. The number of anilines is 1. The van der Waals surface area contributed by atoms with Crippen molar-refractivity contribution in [2.24, 2.45) is 0 Å². The van der Waals surface area contributed by atoms with Gasteiger partial charge in [0.05, 0.1) is 5.69 Å². The largest absolute Gasteiger partial charge is 0.341 e. The Morgan fingerprint density at radius 2 is 2.55 bits per heavy atom. The van der Waals surface area contributed by atoms with Crippen molar-refractivity contribution in [3.63, 3.8) is 0 Å². The summed E-state index contributed by atoms with van der Waals surface area (Å²) < 4.78 is 0. The number of aromatic nitrogens is 1. The van der Waals surface area contributed by atoms with Crippen LogP contribution in [0.15, 0.2) is 18.3 Å². The lowest BCUT2D eigenvalue weighted by atomic mass is 10.4. The minimum atomic E-state index is -0.269. The predicted molar refractivity (Wildman–Crippen MR) is 41.2 cm³/mol. The van der Waals surface area contributed by atoms with E-state index in [0.717, 1.165) is 0 Å². The van der Waals surface area contributed by atoms with Crippen molar-refractivity contribution in [1.82, 2.24) is 10.3 Å². The normalized spacial score (nSPS) is 8.82. The molecular weight excluding hydrogens is 142 g/mol. The van der Waals surface area contributed by atoms with E-state index in [1.54, 1.807) is 25.4 Å². The topological polar surface area (TPSA) is 54.0 Å². The lowest BCUT2D eigenvalue weighted by Crippen LogP contribution is -2.24. The molecule has 0 saturated heterocycles. The Labute approximate surface area is 64.6 Å². The van der Waals surface area contributed by atoms with E-state index in [0.29, 0.717) is 5.69 Å². The Morgan fingerprint density at radius 1 is 1.73 bits per heavy atom. The molecule has 57 valence electrons. The van der Waals surface area contributed by atoms with Crippen LogP contribution in [0.2, 0.25) is 0 Å². The van der Waals surface area contributed by atoms with Gasteiger partial charge in [0.2, 0.25) is 0 Å². The molecule has 0 aliphatic heterocycles. The number of carbonyl (C=O) groups is 1. The summed E-state index contributed by atoms with van der Waals surface area (Å²) in [6.45, 7) is 0. The summed E-state index contributed by atoms with van der Waals surface area (Å²) >= 11 is 0. The summed E-state index contributed by atoms with van der Waals surface area (Å²) in [4.78, 5) is 14.4. The molecule has 0 aliphatic carbocycles. The Morgan fingerprint density at radius 3 is 3.09 bits per heavy atom. The van der Waals surface area contributed by atoms with Crippen LogP contribution in [0, 0.1) is 6.20 Å². The van der Waals surface area contributed by atoms with Gasteiger partial charge >= 0.3 is 6.03 Å². The Bertz CT molecular complexity index is 235. The maximum absolute atomic E-state index is 10.7. The summed E-state index contributed by atoms with van der Waals surface area (Å²) in [6, 6.07) is 3.17. The van der Waals surface area contributed by atoms with Crippen LogP contribution < -0.4 is 10.6 Å². The zero-order chi connectivity index (χ0) is 8.10. The van der Waals surface area contributed by atoms with Gasteiger partial charge in [0.25, 0.3) is 0 Å². The molecule has 0 unspecified atom stereocenters. The van der Waals surface area contributed by atoms with Gasteiger partial charge in [-0.3, -0.25) is 4.98 Å². The fourth-order valence-electron chi connectivity index (χ4n) is 0.581. The highest BCUT2D eigenvalue weighted by Crippen LogP contribution is 1.99. The third kappa shape index (κ3) is 2.25. The molecule has 1 rings (SSSR count). The van der Waals surface area contributed by atoms with E-state index in [9.17, 15) is 4.79 Å². The van der Waals surface area contributed by atoms with E-state index in [4.69, 9.17) is 0 Å². The van der Waals surface area contributed by atoms with Gasteiger partial charge in [-0.1, -0.05) is 0 Å². The SMILES string of the molecule is CNC(=O)Nc1[c]nccc1. The molecule has 0 saturated carbocycles. The van der Waals surface area contributed by atoms with Gasteiger partial charge in [0.15, 0.2) is 0 Å². The van der Waals surface area contributed by atoms with Crippen LogP contribution in [-0.2, 0) is 0 Å². The Hall–Kier alpha value is -1.58. The summed E-state index contributed by atoms with van der Waals surface area (Å²) in [6.07, 6.45) is 4.20. The Balaban J connectivity index is 2.58. The second kappa shape index (κ2) is 3.55. The Kier molecular flexibility index (Phi) is 2.43. The van der Waals surface area contributed by atoms with Gasteiger partial charge in [-0.2, -0.15) is 0 Å². The molecule has 0 bridgehead atoms. The summed E-state index contributed by atoms with van der Waals surface area (Å²) in [5.74, 6) is 0. The molecule has 1 radical (unpaired) electrons. The number of hydrogen-bond donors (Lipinski definition) is 2. The van der Waals surface area contributed by atoms with Crippen LogP contribution in [0.25, 0.3) is 0 Å².